The monoisotopic (exact) mass is 345 g/mol. The molecule has 1 amide bonds. The van der Waals surface area contributed by atoms with E-state index in [0.29, 0.717) is 22.9 Å². The third kappa shape index (κ3) is 3.84. The summed E-state index contributed by atoms with van der Waals surface area (Å²) in [5, 5.41) is 9.76. The molecule has 2 atom stereocenters. The maximum atomic E-state index is 12.3. The zero-order valence-corrected chi connectivity index (χ0v) is 13.6. The van der Waals surface area contributed by atoms with Crippen LogP contribution in [0.1, 0.15) is 19.8 Å². The minimum Gasteiger partial charge on any atom is -0.481 e. The molecule has 2 unspecified atom stereocenters. The summed E-state index contributed by atoms with van der Waals surface area (Å²) in [7, 11) is 0. The molecule has 0 aliphatic carbocycles. The summed E-state index contributed by atoms with van der Waals surface area (Å²) in [5.41, 5.74) is 0. The number of piperidine rings is 1. The van der Waals surface area contributed by atoms with Crippen molar-refractivity contribution in [1.29, 1.82) is 0 Å². The Hall–Kier alpha value is -1.46. The van der Waals surface area contributed by atoms with Crippen LogP contribution < -0.4 is 4.74 Å². The molecule has 0 aromatic heterocycles. The van der Waals surface area contributed by atoms with Crippen LogP contribution in [-0.4, -0.2) is 41.1 Å². The van der Waals surface area contributed by atoms with Crippen molar-refractivity contribution in [3.63, 3.8) is 0 Å². The van der Waals surface area contributed by atoms with Gasteiger partial charge in [-0.3, -0.25) is 9.59 Å². The van der Waals surface area contributed by atoms with E-state index in [1.807, 2.05) is 6.92 Å². The van der Waals surface area contributed by atoms with Crippen LogP contribution in [0.15, 0.2) is 18.2 Å². The molecule has 1 aromatic rings. The van der Waals surface area contributed by atoms with Gasteiger partial charge in [-0.2, -0.15) is 0 Å². The molecule has 0 radical (unpaired) electrons. The van der Waals surface area contributed by atoms with Gasteiger partial charge in [0.15, 0.2) is 12.4 Å². The second kappa shape index (κ2) is 7.20. The third-order valence-corrected chi connectivity index (χ3v) is 4.41. The lowest BCUT2D eigenvalue weighted by molar-refractivity contribution is -0.147. The number of carboxylic acids is 1. The summed E-state index contributed by atoms with van der Waals surface area (Å²) in [5.74, 6) is -1.41. The van der Waals surface area contributed by atoms with Crippen molar-refractivity contribution in [3.8, 4) is 5.75 Å². The van der Waals surface area contributed by atoms with Gasteiger partial charge in [-0.15, -0.1) is 0 Å². The van der Waals surface area contributed by atoms with E-state index in [1.54, 1.807) is 23.1 Å². The molecule has 1 aliphatic heterocycles. The van der Waals surface area contributed by atoms with Crippen LogP contribution in [0.25, 0.3) is 0 Å². The topological polar surface area (TPSA) is 66.8 Å². The second-order valence-electron chi connectivity index (χ2n) is 5.35. The molecule has 1 saturated heterocycles. The molecule has 0 saturated carbocycles. The fourth-order valence-corrected chi connectivity index (χ4v) is 3.00. The van der Waals surface area contributed by atoms with Crippen LogP contribution >= 0.6 is 23.2 Å². The van der Waals surface area contributed by atoms with Crippen LogP contribution in [-0.2, 0) is 9.59 Å². The van der Waals surface area contributed by atoms with Crippen molar-refractivity contribution in [3.05, 3.63) is 28.2 Å². The van der Waals surface area contributed by atoms with E-state index in [4.69, 9.17) is 33.0 Å². The van der Waals surface area contributed by atoms with Gasteiger partial charge < -0.3 is 14.7 Å². The van der Waals surface area contributed by atoms with Gasteiger partial charge in [0.2, 0.25) is 0 Å². The predicted octanol–water partition coefficient (Wildman–Crippen LogP) is 3.08. The zero-order chi connectivity index (χ0) is 16.3. The van der Waals surface area contributed by atoms with Gasteiger partial charge in [-0.05, 0) is 31.9 Å². The average Bonchev–Trinajstić information content (AvgIpc) is 2.46. The second-order valence-corrected chi connectivity index (χ2v) is 6.16. The normalized spacial score (nSPS) is 21.5. The van der Waals surface area contributed by atoms with Crippen LogP contribution in [0, 0.1) is 5.92 Å². The maximum absolute atomic E-state index is 12.3. The highest BCUT2D eigenvalue weighted by Gasteiger charge is 2.32. The number of hydrogen-bond acceptors (Lipinski definition) is 3. The standard InChI is InChI=1S/C15H17Cl2NO4/c1-9-5-6-10(15(20)21)7-18(9)13(19)8-22-14-11(16)3-2-4-12(14)17/h2-4,9-10H,5-8H2,1H3,(H,20,21). The lowest BCUT2D eigenvalue weighted by Crippen LogP contribution is -2.49. The number of nitrogens with zero attached hydrogens (tertiary/aromatic N) is 1. The molecule has 1 heterocycles. The summed E-state index contributed by atoms with van der Waals surface area (Å²) < 4.78 is 5.42. The number of ether oxygens (including phenoxy) is 1. The molecule has 0 spiro atoms. The van der Waals surface area contributed by atoms with Gasteiger partial charge in [0.25, 0.3) is 5.91 Å². The number of likely N-dealkylation sites (tertiary alicyclic amines) is 1. The van der Waals surface area contributed by atoms with Crippen LogP contribution in [0.4, 0.5) is 0 Å². The van der Waals surface area contributed by atoms with Crippen molar-refractivity contribution in [2.75, 3.05) is 13.2 Å². The van der Waals surface area contributed by atoms with Gasteiger partial charge in [0.05, 0.1) is 16.0 Å². The molecule has 1 N–H and O–H groups in total. The van der Waals surface area contributed by atoms with E-state index in [0.717, 1.165) is 0 Å². The molecule has 1 fully saturated rings. The van der Waals surface area contributed by atoms with Crippen molar-refractivity contribution < 1.29 is 19.4 Å². The molecule has 1 aliphatic rings. The van der Waals surface area contributed by atoms with E-state index in [2.05, 4.69) is 0 Å². The van der Waals surface area contributed by atoms with E-state index < -0.39 is 11.9 Å². The average molecular weight is 346 g/mol. The molecular formula is C15H17Cl2NO4. The minimum atomic E-state index is -0.875. The Labute approximate surface area is 138 Å². The van der Waals surface area contributed by atoms with E-state index in [1.165, 1.54) is 0 Å². The van der Waals surface area contributed by atoms with Crippen molar-refractivity contribution in [2.45, 2.75) is 25.8 Å². The van der Waals surface area contributed by atoms with E-state index in [9.17, 15) is 9.59 Å². The molecular weight excluding hydrogens is 329 g/mol. The molecule has 2 rings (SSSR count). The highest BCUT2D eigenvalue weighted by molar-refractivity contribution is 6.37. The highest BCUT2D eigenvalue weighted by Crippen LogP contribution is 2.32. The Morgan fingerprint density at radius 3 is 2.55 bits per heavy atom. The number of para-hydroxylation sites is 1. The fourth-order valence-electron chi connectivity index (χ4n) is 2.49. The molecule has 1 aromatic carbocycles. The Morgan fingerprint density at radius 1 is 1.32 bits per heavy atom. The van der Waals surface area contributed by atoms with Crippen LogP contribution in [0.2, 0.25) is 10.0 Å². The molecule has 0 bridgehead atoms. The number of carbonyl (C=O) groups excluding carboxylic acids is 1. The summed E-state index contributed by atoms with van der Waals surface area (Å²) in [4.78, 5) is 24.9. The highest BCUT2D eigenvalue weighted by atomic mass is 35.5. The van der Waals surface area contributed by atoms with E-state index >= 15 is 0 Å². The van der Waals surface area contributed by atoms with Gasteiger partial charge in [-0.1, -0.05) is 29.3 Å². The number of amides is 1. The van der Waals surface area contributed by atoms with Crippen molar-refractivity contribution >= 4 is 35.1 Å². The van der Waals surface area contributed by atoms with Gasteiger partial charge in [-0.25, -0.2) is 0 Å². The van der Waals surface area contributed by atoms with Gasteiger partial charge in [0.1, 0.15) is 0 Å². The maximum Gasteiger partial charge on any atom is 0.308 e. The smallest absolute Gasteiger partial charge is 0.308 e. The Kier molecular flexibility index (Phi) is 5.53. The number of rotatable bonds is 4. The van der Waals surface area contributed by atoms with E-state index in [-0.39, 0.29) is 30.9 Å². The first-order valence-electron chi connectivity index (χ1n) is 6.99. The minimum absolute atomic E-state index is 0.00610. The number of aliphatic carboxylic acids is 1. The number of halogens is 2. The summed E-state index contributed by atoms with van der Waals surface area (Å²) in [6.07, 6.45) is 1.24. The number of carbonyl (C=O) groups is 2. The first kappa shape index (κ1) is 16.9. The quantitative estimate of drug-likeness (QED) is 0.910. The van der Waals surface area contributed by atoms with Gasteiger partial charge in [0, 0.05) is 12.6 Å². The molecule has 5 nitrogen and oxygen atoms in total. The lowest BCUT2D eigenvalue weighted by atomic mass is 9.93. The largest absolute Gasteiger partial charge is 0.481 e. The summed E-state index contributed by atoms with van der Waals surface area (Å²) >= 11 is 12.0. The first-order chi connectivity index (χ1) is 10.4. The number of hydrogen-bond donors (Lipinski definition) is 1. The zero-order valence-electron chi connectivity index (χ0n) is 12.1. The molecule has 7 heteroatoms. The number of carboxylic acid groups (broad SMARTS) is 1. The Balaban J connectivity index is 2.00. The summed E-state index contributed by atoms with van der Waals surface area (Å²) in [6, 6.07) is 4.92. The summed E-state index contributed by atoms with van der Waals surface area (Å²) in [6.45, 7) is 1.88. The number of benzene rings is 1. The lowest BCUT2D eigenvalue weighted by Gasteiger charge is -2.36. The van der Waals surface area contributed by atoms with Crippen molar-refractivity contribution in [1.82, 2.24) is 4.90 Å². The SMILES string of the molecule is CC1CCC(C(=O)O)CN1C(=O)COc1c(Cl)cccc1Cl. The van der Waals surface area contributed by atoms with Gasteiger partial charge >= 0.3 is 5.97 Å². The molecule has 120 valence electrons. The Morgan fingerprint density at radius 2 is 1.95 bits per heavy atom. The third-order valence-electron chi connectivity index (χ3n) is 3.81. The predicted molar refractivity (Wildman–Crippen MR) is 83.5 cm³/mol. The first-order valence-corrected chi connectivity index (χ1v) is 7.74. The van der Waals surface area contributed by atoms with Crippen LogP contribution in [0.5, 0.6) is 5.75 Å². The van der Waals surface area contributed by atoms with Crippen molar-refractivity contribution in [2.24, 2.45) is 5.92 Å². The molecule has 22 heavy (non-hydrogen) atoms. The van der Waals surface area contributed by atoms with Crippen LogP contribution in [0.3, 0.4) is 0 Å². The fraction of sp³-hybridized carbons (Fsp3) is 0.467. The Bertz CT molecular complexity index is 558.